The molecule has 0 fully saturated rings. The van der Waals surface area contributed by atoms with Crippen LogP contribution < -0.4 is 9.46 Å². The number of esters is 1. The number of anilines is 1. The molecule has 8 heteroatoms. The van der Waals surface area contributed by atoms with Gasteiger partial charge < -0.3 is 9.47 Å². The number of nitrogens with one attached hydrogen (secondary N) is 1. The maximum atomic E-state index is 13.5. The topological polar surface area (TPSA) is 81.7 Å². The molecule has 0 aliphatic heterocycles. The molecule has 0 heterocycles. The van der Waals surface area contributed by atoms with E-state index < -0.39 is 21.8 Å². The van der Waals surface area contributed by atoms with E-state index in [1.54, 1.807) is 18.2 Å². The molecule has 0 saturated heterocycles. The van der Waals surface area contributed by atoms with Crippen LogP contribution in [0.1, 0.15) is 5.56 Å². The number of carbonyl (C=O) groups excluding carboxylic acids is 1. The molecule has 0 amide bonds. The zero-order valence-electron chi connectivity index (χ0n) is 13.5. The minimum absolute atomic E-state index is 0.0146. The largest absolute Gasteiger partial charge is 0.497 e. The Morgan fingerprint density at radius 2 is 1.92 bits per heavy atom. The van der Waals surface area contributed by atoms with Gasteiger partial charge in [-0.2, -0.15) is 0 Å². The number of rotatable bonds is 6. The minimum Gasteiger partial charge on any atom is -0.497 e. The average Bonchev–Trinajstić information content (AvgIpc) is 2.59. The summed E-state index contributed by atoms with van der Waals surface area (Å²) in [4.78, 5) is 11.0. The molecule has 0 aliphatic carbocycles. The van der Waals surface area contributed by atoms with Gasteiger partial charge in [-0.1, -0.05) is 6.07 Å². The van der Waals surface area contributed by atoms with Gasteiger partial charge in [0.15, 0.2) is 0 Å². The number of ether oxygens (including phenoxy) is 2. The van der Waals surface area contributed by atoms with Gasteiger partial charge in [-0.15, -0.1) is 0 Å². The number of sulfonamides is 1. The summed E-state index contributed by atoms with van der Waals surface area (Å²) in [5.74, 6) is -0.844. The van der Waals surface area contributed by atoms with Crippen molar-refractivity contribution < 1.29 is 27.1 Å². The number of halogens is 1. The summed E-state index contributed by atoms with van der Waals surface area (Å²) in [7, 11) is -1.37. The highest BCUT2D eigenvalue weighted by Crippen LogP contribution is 2.24. The van der Waals surface area contributed by atoms with Crippen molar-refractivity contribution in [2.75, 3.05) is 18.9 Å². The molecule has 0 aliphatic rings. The molecule has 2 rings (SSSR count). The van der Waals surface area contributed by atoms with Crippen LogP contribution in [-0.2, 0) is 19.6 Å². The smallest absolute Gasteiger partial charge is 0.330 e. The lowest BCUT2D eigenvalue weighted by molar-refractivity contribution is -0.134. The van der Waals surface area contributed by atoms with Gasteiger partial charge in [-0.3, -0.25) is 4.72 Å². The van der Waals surface area contributed by atoms with Gasteiger partial charge in [0.2, 0.25) is 0 Å². The van der Waals surface area contributed by atoms with Gasteiger partial charge in [0.05, 0.1) is 24.8 Å². The van der Waals surface area contributed by atoms with Crippen LogP contribution in [0.5, 0.6) is 5.75 Å². The summed E-state index contributed by atoms with van der Waals surface area (Å²) < 4.78 is 50.6. The van der Waals surface area contributed by atoms with E-state index >= 15 is 0 Å². The number of hydrogen-bond donors (Lipinski definition) is 1. The van der Waals surface area contributed by atoms with Crippen LogP contribution in [-0.4, -0.2) is 28.6 Å². The molecule has 6 nitrogen and oxygen atoms in total. The Labute approximate surface area is 144 Å². The molecule has 1 N–H and O–H groups in total. The third kappa shape index (κ3) is 4.80. The highest BCUT2D eigenvalue weighted by atomic mass is 32.2. The quantitative estimate of drug-likeness (QED) is 0.629. The van der Waals surface area contributed by atoms with Crippen LogP contribution in [0.4, 0.5) is 10.1 Å². The van der Waals surface area contributed by atoms with E-state index in [4.69, 9.17) is 4.74 Å². The second-order valence-electron chi connectivity index (χ2n) is 4.88. The molecule has 2 aromatic rings. The van der Waals surface area contributed by atoms with Crippen molar-refractivity contribution in [1.82, 2.24) is 0 Å². The minimum atomic E-state index is -4.02. The van der Waals surface area contributed by atoms with Crippen molar-refractivity contribution in [3.05, 3.63) is 59.9 Å². The van der Waals surface area contributed by atoms with Crippen LogP contribution in [0, 0.1) is 5.82 Å². The van der Waals surface area contributed by atoms with Gasteiger partial charge in [-0.05, 0) is 42.0 Å². The van der Waals surface area contributed by atoms with Gasteiger partial charge in [0, 0.05) is 12.1 Å². The fraction of sp³-hybridized carbons (Fsp3) is 0.118. The molecule has 0 atom stereocenters. The first kappa shape index (κ1) is 18.5. The van der Waals surface area contributed by atoms with Crippen molar-refractivity contribution in [1.29, 1.82) is 0 Å². The van der Waals surface area contributed by atoms with Crippen molar-refractivity contribution in [3.63, 3.8) is 0 Å². The van der Waals surface area contributed by atoms with E-state index in [1.165, 1.54) is 26.4 Å². The summed E-state index contributed by atoms with van der Waals surface area (Å²) in [6.07, 6.45) is 2.19. The van der Waals surface area contributed by atoms with Crippen LogP contribution >= 0.6 is 0 Å². The van der Waals surface area contributed by atoms with Crippen molar-refractivity contribution in [3.8, 4) is 5.75 Å². The van der Waals surface area contributed by atoms with E-state index in [-0.39, 0.29) is 16.1 Å². The Morgan fingerprint density at radius 1 is 1.16 bits per heavy atom. The first-order chi connectivity index (χ1) is 11.9. The standard InChI is InChI=1S/C17H16FNO5S/c1-23-15-5-3-4-14(11-15)19-25(21,22)16-8-7-13(18)10-12(16)6-9-17(20)24-2/h3-11,19H,1-2H3/b9-6+. The average molecular weight is 365 g/mol. The number of methoxy groups -OCH3 is 2. The Balaban J connectivity index is 2.41. The molecule has 0 unspecified atom stereocenters. The van der Waals surface area contributed by atoms with Crippen molar-refractivity contribution in [2.45, 2.75) is 4.90 Å². The zero-order chi connectivity index (χ0) is 18.4. The Bertz CT molecular complexity index is 909. The van der Waals surface area contributed by atoms with Crippen molar-refractivity contribution in [2.24, 2.45) is 0 Å². The highest BCUT2D eigenvalue weighted by Gasteiger charge is 2.18. The fourth-order valence-corrected chi connectivity index (χ4v) is 3.25. The molecular weight excluding hydrogens is 349 g/mol. The highest BCUT2D eigenvalue weighted by molar-refractivity contribution is 7.92. The number of benzene rings is 2. The third-order valence-electron chi connectivity index (χ3n) is 3.18. The third-order valence-corrected chi connectivity index (χ3v) is 4.64. The van der Waals surface area contributed by atoms with E-state index in [1.807, 2.05) is 0 Å². The van der Waals surface area contributed by atoms with E-state index in [2.05, 4.69) is 9.46 Å². The Hall–Kier alpha value is -2.87. The van der Waals surface area contributed by atoms with Crippen LogP contribution in [0.2, 0.25) is 0 Å². The van der Waals surface area contributed by atoms with E-state index in [0.717, 1.165) is 24.3 Å². The molecule has 0 bridgehead atoms. The molecule has 0 saturated carbocycles. The Morgan fingerprint density at radius 3 is 2.60 bits per heavy atom. The number of hydrogen-bond acceptors (Lipinski definition) is 5. The normalized spacial score (nSPS) is 11.3. The summed E-state index contributed by atoms with van der Waals surface area (Å²) in [5, 5.41) is 0. The van der Waals surface area contributed by atoms with Crippen LogP contribution in [0.3, 0.4) is 0 Å². The molecule has 0 aromatic heterocycles. The predicted octanol–water partition coefficient (Wildman–Crippen LogP) is 2.82. The van der Waals surface area contributed by atoms with Gasteiger partial charge >= 0.3 is 5.97 Å². The lowest BCUT2D eigenvalue weighted by Gasteiger charge is -2.11. The zero-order valence-corrected chi connectivity index (χ0v) is 14.3. The fourth-order valence-electron chi connectivity index (χ4n) is 2.02. The summed E-state index contributed by atoms with van der Waals surface area (Å²) >= 11 is 0. The molecule has 25 heavy (non-hydrogen) atoms. The first-order valence-electron chi connectivity index (χ1n) is 7.08. The summed E-state index contributed by atoms with van der Waals surface area (Å²) in [5.41, 5.74) is 0.298. The van der Waals surface area contributed by atoms with Gasteiger partial charge in [-0.25, -0.2) is 17.6 Å². The maximum absolute atomic E-state index is 13.5. The molecule has 2 aromatic carbocycles. The molecule has 0 spiro atoms. The Kier molecular flexibility index (Phi) is 5.76. The lowest BCUT2D eigenvalue weighted by Crippen LogP contribution is -2.14. The SMILES string of the molecule is COC(=O)/C=C/c1cc(F)ccc1S(=O)(=O)Nc1cccc(OC)c1. The molecule has 132 valence electrons. The van der Waals surface area contributed by atoms with Crippen LogP contribution in [0.15, 0.2) is 53.4 Å². The van der Waals surface area contributed by atoms with Crippen LogP contribution in [0.25, 0.3) is 6.08 Å². The lowest BCUT2D eigenvalue weighted by atomic mass is 10.2. The van der Waals surface area contributed by atoms with Crippen molar-refractivity contribution >= 4 is 27.8 Å². The van der Waals surface area contributed by atoms with Gasteiger partial charge in [0.25, 0.3) is 10.0 Å². The molecule has 0 radical (unpaired) electrons. The first-order valence-corrected chi connectivity index (χ1v) is 8.56. The van der Waals surface area contributed by atoms with E-state index in [0.29, 0.717) is 5.75 Å². The summed E-state index contributed by atoms with van der Waals surface area (Å²) in [6.45, 7) is 0. The van der Waals surface area contributed by atoms with E-state index in [9.17, 15) is 17.6 Å². The summed E-state index contributed by atoms with van der Waals surface area (Å²) in [6, 6.07) is 9.50. The second kappa shape index (κ2) is 7.80. The molecular formula is C17H16FNO5S. The maximum Gasteiger partial charge on any atom is 0.330 e. The second-order valence-corrected chi connectivity index (χ2v) is 6.53. The number of carbonyl (C=O) groups is 1. The monoisotopic (exact) mass is 365 g/mol. The predicted molar refractivity (Wildman–Crippen MR) is 91.3 cm³/mol. The van der Waals surface area contributed by atoms with Gasteiger partial charge in [0.1, 0.15) is 11.6 Å².